The maximum absolute atomic E-state index is 12.8. The molecule has 0 aliphatic heterocycles. The topological polar surface area (TPSA) is 59.3 Å². The van der Waals surface area contributed by atoms with Crippen molar-refractivity contribution in [2.24, 2.45) is 0 Å². The molecule has 1 aromatic carbocycles. The summed E-state index contributed by atoms with van der Waals surface area (Å²) in [5, 5.41) is 1.98. The summed E-state index contributed by atoms with van der Waals surface area (Å²) < 4.78 is 34.1. The second-order valence-electron chi connectivity index (χ2n) is 6.16. The Morgan fingerprint density at radius 3 is 2.32 bits per heavy atom. The second-order valence-corrected chi connectivity index (χ2v) is 8.81. The van der Waals surface area contributed by atoms with Crippen LogP contribution in [-0.2, 0) is 16.6 Å². The molecule has 2 aromatic heterocycles. The molecule has 0 unspecified atom stereocenters. The van der Waals surface area contributed by atoms with E-state index >= 15 is 0 Å². The summed E-state index contributed by atoms with van der Waals surface area (Å²) in [6.07, 6.45) is 0. The van der Waals surface area contributed by atoms with Crippen molar-refractivity contribution in [3.63, 3.8) is 0 Å². The molecule has 0 saturated heterocycles. The van der Waals surface area contributed by atoms with Crippen LogP contribution in [0, 0.1) is 27.7 Å². The number of aryl methyl sites for hydroxylation is 2. The molecule has 0 spiro atoms. The molecule has 1 N–H and O–H groups in total. The highest BCUT2D eigenvalue weighted by Gasteiger charge is 2.22. The summed E-state index contributed by atoms with van der Waals surface area (Å²) in [6.45, 7) is 7.68. The standard InChI is InChI=1S/C19H21NO3S2/c1-12-10-13(2)15(4)19(14(12)3)25(21,22)20-11-16-7-8-17(23-16)18-6-5-9-24-18/h5-10,20H,11H2,1-4H3. The van der Waals surface area contributed by atoms with Crippen LogP contribution in [-0.4, -0.2) is 8.42 Å². The lowest BCUT2D eigenvalue weighted by Crippen LogP contribution is -2.25. The molecule has 3 aromatic rings. The number of nitrogens with one attached hydrogen (secondary N) is 1. The van der Waals surface area contributed by atoms with Gasteiger partial charge in [0.25, 0.3) is 0 Å². The molecule has 0 saturated carbocycles. The molecule has 0 aliphatic rings. The van der Waals surface area contributed by atoms with Gasteiger partial charge in [0.05, 0.1) is 16.3 Å². The molecule has 0 bridgehead atoms. The molecule has 0 aliphatic carbocycles. The van der Waals surface area contributed by atoms with Crippen LogP contribution in [0.15, 0.2) is 45.0 Å². The summed E-state index contributed by atoms with van der Waals surface area (Å²) in [5.74, 6) is 1.34. The van der Waals surface area contributed by atoms with Gasteiger partial charge in [-0.15, -0.1) is 11.3 Å². The first-order valence-corrected chi connectivity index (χ1v) is 10.4. The van der Waals surface area contributed by atoms with E-state index in [9.17, 15) is 8.42 Å². The largest absolute Gasteiger partial charge is 0.459 e. The number of sulfonamides is 1. The van der Waals surface area contributed by atoms with Crippen molar-refractivity contribution < 1.29 is 12.8 Å². The normalized spacial score (nSPS) is 11.8. The number of thiophene rings is 1. The van der Waals surface area contributed by atoms with Crippen LogP contribution in [0.25, 0.3) is 10.6 Å². The third-order valence-corrected chi connectivity index (χ3v) is 6.99. The molecule has 0 radical (unpaired) electrons. The third kappa shape index (κ3) is 3.56. The summed E-state index contributed by atoms with van der Waals surface area (Å²) in [4.78, 5) is 1.39. The Morgan fingerprint density at radius 2 is 1.72 bits per heavy atom. The Hall–Kier alpha value is -1.89. The van der Waals surface area contributed by atoms with Gasteiger partial charge in [-0.3, -0.25) is 0 Å². The number of rotatable bonds is 5. The Morgan fingerprint density at radius 1 is 1.04 bits per heavy atom. The van der Waals surface area contributed by atoms with Crippen molar-refractivity contribution in [2.75, 3.05) is 0 Å². The average molecular weight is 376 g/mol. The minimum absolute atomic E-state index is 0.125. The van der Waals surface area contributed by atoms with Crippen molar-refractivity contribution >= 4 is 21.4 Å². The van der Waals surface area contributed by atoms with Gasteiger partial charge in [0.2, 0.25) is 10.0 Å². The van der Waals surface area contributed by atoms with Gasteiger partial charge in [-0.05, 0) is 73.5 Å². The molecule has 0 amide bonds. The van der Waals surface area contributed by atoms with Crippen LogP contribution in [0.5, 0.6) is 0 Å². The minimum atomic E-state index is -3.62. The molecule has 132 valence electrons. The smallest absolute Gasteiger partial charge is 0.241 e. The zero-order chi connectivity index (χ0) is 18.2. The quantitative estimate of drug-likeness (QED) is 0.702. The molecular weight excluding hydrogens is 354 g/mol. The van der Waals surface area contributed by atoms with E-state index in [1.165, 1.54) is 0 Å². The van der Waals surface area contributed by atoms with Crippen LogP contribution in [0.1, 0.15) is 28.0 Å². The average Bonchev–Trinajstić information content (AvgIpc) is 3.22. The first-order valence-electron chi connectivity index (χ1n) is 7.99. The van der Waals surface area contributed by atoms with Crippen molar-refractivity contribution in [3.8, 4) is 10.6 Å². The van der Waals surface area contributed by atoms with Gasteiger partial charge in [-0.25, -0.2) is 13.1 Å². The first kappa shape index (κ1) is 17.9. The van der Waals surface area contributed by atoms with Crippen LogP contribution >= 0.6 is 11.3 Å². The van der Waals surface area contributed by atoms with E-state index in [2.05, 4.69) is 4.72 Å². The van der Waals surface area contributed by atoms with Gasteiger partial charge < -0.3 is 4.42 Å². The molecule has 3 rings (SSSR count). The Labute approximate surface area is 152 Å². The molecule has 6 heteroatoms. The first-order chi connectivity index (χ1) is 11.8. The van der Waals surface area contributed by atoms with Crippen molar-refractivity contribution in [1.82, 2.24) is 4.72 Å². The van der Waals surface area contributed by atoms with Crippen molar-refractivity contribution in [2.45, 2.75) is 39.1 Å². The fraction of sp³-hybridized carbons (Fsp3) is 0.263. The molecule has 25 heavy (non-hydrogen) atoms. The fourth-order valence-electron chi connectivity index (χ4n) is 2.85. The minimum Gasteiger partial charge on any atom is -0.459 e. The lowest BCUT2D eigenvalue weighted by molar-refractivity contribution is 0.510. The van der Waals surface area contributed by atoms with Crippen LogP contribution in [0.2, 0.25) is 0 Å². The van der Waals surface area contributed by atoms with E-state index < -0.39 is 10.0 Å². The predicted molar refractivity (Wildman–Crippen MR) is 101 cm³/mol. The van der Waals surface area contributed by atoms with E-state index in [4.69, 9.17) is 4.42 Å². The zero-order valence-corrected chi connectivity index (χ0v) is 16.3. The molecular formula is C19H21NO3S2. The van der Waals surface area contributed by atoms with E-state index in [1.807, 2.05) is 57.3 Å². The molecule has 2 heterocycles. The van der Waals surface area contributed by atoms with E-state index in [0.29, 0.717) is 10.7 Å². The van der Waals surface area contributed by atoms with Gasteiger partial charge in [-0.1, -0.05) is 12.1 Å². The fourth-order valence-corrected chi connectivity index (χ4v) is 5.14. The van der Waals surface area contributed by atoms with Gasteiger partial charge in [0, 0.05) is 0 Å². The highest BCUT2D eigenvalue weighted by atomic mass is 32.2. The van der Waals surface area contributed by atoms with E-state index in [0.717, 1.165) is 32.9 Å². The summed E-state index contributed by atoms with van der Waals surface area (Å²) in [5.41, 5.74) is 3.52. The Kier molecular flexibility index (Phi) is 4.86. The van der Waals surface area contributed by atoms with E-state index in [-0.39, 0.29) is 6.54 Å². The van der Waals surface area contributed by atoms with E-state index in [1.54, 1.807) is 17.4 Å². The molecule has 4 nitrogen and oxygen atoms in total. The van der Waals surface area contributed by atoms with Crippen molar-refractivity contribution in [1.29, 1.82) is 0 Å². The van der Waals surface area contributed by atoms with Gasteiger partial charge >= 0.3 is 0 Å². The maximum Gasteiger partial charge on any atom is 0.241 e. The van der Waals surface area contributed by atoms with Crippen LogP contribution in [0.3, 0.4) is 0 Å². The van der Waals surface area contributed by atoms with Gasteiger partial charge in [0.1, 0.15) is 11.5 Å². The van der Waals surface area contributed by atoms with Crippen molar-refractivity contribution in [3.05, 3.63) is 63.7 Å². The lowest BCUT2D eigenvalue weighted by Gasteiger charge is -2.15. The van der Waals surface area contributed by atoms with Gasteiger partial charge in [0.15, 0.2) is 0 Å². The maximum atomic E-state index is 12.8. The third-order valence-electron chi connectivity index (χ3n) is 4.43. The Balaban J connectivity index is 1.84. The highest BCUT2D eigenvalue weighted by molar-refractivity contribution is 7.89. The SMILES string of the molecule is Cc1cc(C)c(C)c(S(=O)(=O)NCc2ccc(-c3cccs3)o2)c1C. The predicted octanol–water partition coefficient (Wildman–Crippen LogP) is 4.72. The van der Waals surface area contributed by atoms with Crippen LogP contribution < -0.4 is 4.72 Å². The lowest BCUT2D eigenvalue weighted by atomic mass is 10.0. The zero-order valence-electron chi connectivity index (χ0n) is 14.7. The second kappa shape index (κ2) is 6.78. The Bertz CT molecular complexity index is 973. The number of hydrogen-bond donors (Lipinski definition) is 1. The number of benzene rings is 1. The summed E-state index contributed by atoms with van der Waals surface area (Å²) in [6, 6.07) is 9.61. The van der Waals surface area contributed by atoms with Gasteiger partial charge in [-0.2, -0.15) is 0 Å². The molecule has 0 atom stereocenters. The number of furan rings is 1. The summed E-state index contributed by atoms with van der Waals surface area (Å²) >= 11 is 1.58. The monoisotopic (exact) mass is 375 g/mol. The number of hydrogen-bond acceptors (Lipinski definition) is 4. The molecule has 0 fully saturated rings. The highest BCUT2D eigenvalue weighted by Crippen LogP contribution is 2.28. The summed E-state index contributed by atoms with van der Waals surface area (Å²) in [7, 11) is -3.62. The van der Waals surface area contributed by atoms with Crippen LogP contribution in [0.4, 0.5) is 0 Å².